The van der Waals surface area contributed by atoms with Crippen LogP contribution in [0.4, 0.5) is 5.69 Å². The molecule has 1 atom stereocenters. The fraction of sp³-hybridized carbons (Fsp3) is 0.318. The van der Waals surface area contributed by atoms with Gasteiger partial charge in [-0.05, 0) is 31.2 Å². The highest BCUT2D eigenvalue weighted by Gasteiger charge is 2.22. The van der Waals surface area contributed by atoms with E-state index >= 15 is 0 Å². The van der Waals surface area contributed by atoms with Crippen molar-refractivity contribution in [3.8, 4) is 17.0 Å². The number of rotatable bonds is 4. The molecule has 0 aliphatic carbocycles. The Balaban J connectivity index is 1.53. The molecule has 2 N–H and O–H groups in total. The number of halogens is 1. The van der Waals surface area contributed by atoms with Crippen molar-refractivity contribution in [2.45, 2.75) is 19.4 Å². The molecule has 4 aromatic rings. The number of phenols is 1. The molecule has 0 bridgehead atoms. The van der Waals surface area contributed by atoms with E-state index in [2.05, 4.69) is 38.3 Å². The number of aryl methyl sites for hydroxylation is 1. The Bertz CT molecular complexity index is 1250. The number of benzene rings is 1. The van der Waals surface area contributed by atoms with Crippen molar-refractivity contribution in [3.05, 3.63) is 41.7 Å². The normalized spacial score (nSPS) is 16.8. The van der Waals surface area contributed by atoms with E-state index < -0.39 is 0 Å². The summed E-state index contributed by atoms with van der Waals surface area (Å²) in [5.74, 6) is 0.118. The van der Waals surface area contributed by atoms with Crippen molar-refractivity contribution in [2.75, 3.05) is 24.5 Å². The van der Waals surface area contributed by atoms with Gasteiger partial charge in [-0.25, -0.2) is 9.97 Å². The second-order valence-corrected chi connectivity index (χ2v) is 8.18. The Labute approximate surface area is 179 Å². The van der Waals surface area contributed by atoms with Crippen LogP contribution in [0.1, 0.15) is 13.3 Å². The van der Waals surface area contributed by atoms with Gasteiger partial charge >= 0.3 is 0 Å². The van der Waals surface area contributed by atoms with Crippen molar-refractivity contribution in [1.82, 2.24) is 25.1 Å². The Morgan fingerprint density at radius 1 is 1.27 bits per heavy atom. The monoisotopic (exact) mass is 422 g/mol. The van der Waals surface area contributed by atoms with E-state index in [4.69, 9.17) is 11.6 Å². The Morgan fingerprint density at radius 2 is 2.13 bits per heavy atom. The number of phenolic OH excluding ortho intramolecular Hbond substituents is 1. The van der Waals surface area contributed by atoms with Gasteiger partial charge in [0.15, 0.2) is 5.65 Å². The lowest BCUT2D eigenvalue weighted by Gasteiger charge is -2.19. The number of pyridine rings is 2. The van der Waals surface area contributed by atoms with Gasteiger partial charge in [0.1, 0.15) is 5.75 Å². The molecular weight excluding hydrogens is 400 g/mol. The molecule has 0 radical (unpaired) electrons. The third-order valence-electron chi connectivity index (χ3n) is 5.66. The molecule has 30 heavy (non-hydrogen) atoms. The number of nitrogens with one attached hydrogen (secondary N) is 1. The van der Waals surface area contributed by atoms with Crippen molar-refractivity contribution >= 4 is 39.2 Å². The molecule has 4 heterocycles. The highest BCUT2D eigenvalue weighted by molar-refractivity contribution is 6.35. The molecule has 1 saturated heterocycles. The second kappa shape index (κ2) is 7.41. The summed E-state index contributed by atoms with van der Waals surface area (Å²) < 4.78 is 1.72. The molecule has 0 amide bonds. The van der Waals surface area contributed by atoms with Gasteiger partial charge in [-0.1, -0.05) is 18.5 Å². The van der Waals surface area contributed by atoms with Gasteiger partial charge in [0, 0.05) is 54.8 Å². The summed E-state index contributed by atoms with van der Waals surface area (Å²) in [6.45, 7) is 5.06. The SMILES string of the molecule is CCNC1CCN(c2cnc3nc(-c4cc5cn(C)nc5cc4O)cc(Cl)c3c2)C1. The van der Waals surface area contributed by atoms with Crippen LogP contribution in [0.2, 0.25) is 5.02 Å². The van der Waals surface area contributed by atoms with Crippen LogP contribution in [-0.2, 0) is 7.05 Å². The van der Waals surface area contributed by atoms with Gasteiger partial charge in [-0.15, -0.1) is 0 Å². The van der Waals surface area contributed by atoms with Gasteiger partial charge in [-0.2, -0.15) is 5.10 Å². The summed E-state index contributed by atoms with van der Waals surface area (Å²) in [6, 6.07) is 7.88. The lowest BCUT2D eigenvalue weighted by Crippen LogP contribution is -2.32. The molecular formula is C22H23ClN6O. The number of aromatic hydroxyl groups is 1. The molecule has 8 heteroatoms. The Morgan fingerprint density at radius 3 is 2.97 bits per heavy atom. The number of hydrogen-bond acceptors (Lipinski definition) is 6. The molecule has 1 aliphatic heterocycles. The van der Waals surface area contributed by atoms with E-state index in [-0.39, 0.29) is 5.75 Å². The van der Waals surface area contributed by atoms with Crippen LogP contribution >= 0.6 is 11.6 Å². The highest BCUT2D eigenvalue weighted by atomic mass is 35.5. The van der Waals surface area contributed by atoms with Crippen LogP contribution in [0.25, 0.3) is 33.2 Å². The second-order valence-electron chi connectivity index (χ2n) is 7.77. The highest BCUT2D eigenvalue weighted by Crippen LogP contribution is 2.36. The number of aromatic nitrogens is 4. The van der Waals surface area contributed by atoms with Crippen LogP contribution in [0.15, 0.2) is 36.7 Å². The van der Waals surface area contributed by atoms with Gasteiger partial charge < -0.3 is 15.3 Å². The maximum absolute atomic E-state index is 10.5. The summed E-state index contributed by atoms with van der Waals surface area (Å²) in [7, 11) is 1.85. The first-order valence-electron chi connectivity index (χ1n) is 10.1. The number of fused-ring (bicyclic) bond motifs is 2. The Kier molecular flexibility index (Phi) is 4.72. The summed E-state index contributed by atoms with van der Waals surface area (Å²) in [5, 5.41) is 20.7. The zero-order chi connectivity index (χ0) is 20.8. The van der Waals surface area contributed by atoms with Gasteiger partial charge in [0.05, 0.1) is 28.1 Å². The van der Waals surface area contributed by atoms with E-state index in [9.17, 15) is 5.11 Å². The van der Waals surface area contributed by atoms with Gasteiger partial charge in [0.2, 0.25) is 0 Å². The van der Waals surface area contributed by atoms with Crippen molar-refractivity contribution in [1.29, 1.82) is 0 Å². The molecule has 1 fully saturated rings. The molecule has 154 valence electrons. The number of likely N-dealkylation sites (N-methyl/N-ethyl adjacent to an activating group) is 1. The number of hydrogen-bond donors (Lipinski definition) is 2. The maximum Gasteiger partial charge on any atom is 0.161 e. The minimum absolute atomic E-state index is 0.118. The average molecular weight is 423 g/mol. The van der Waals surface area contributed by atoms with Crippen molar-refractivity contribution in [3.63, 3.8) is 0 Å². The third kappa shape index (κ3) is 3.34. The predicted molar refractivity (Wildman–Crippen MR) is 120 cm³/mol. The standard InChI is InChI=1S/C22H23ClN6O/c1-3-24-14-4-5-29(12-14)15-7-16-18(23)8-20(26-22(16)25-10-15)17-6-13-11-28(2)27-19(13)9-21(17)30/h6-11,14,24,30H,3-5,12H2,1-2H3. The van der Waals surface area contributed by atoms with Crippen LogP contribution < -0.4 is 10.2 Å². The lowest BCUT2D eigenvalue weighted by atomic mass is 10.1. The minimum atomic E-state index is 0.118. The first kappa shape index (κ1) is 19.1. The quantitative estimate of drug-likeness (QED) is 0.521. The van der Waals surface area contributed by atoms with Crippen molar-refractivity contribution < 1.29 is 5.11 Å². The summed E-state index contributed by atoms with van der Waals surface area (Å²) >= 11 is 6.63. The summed E-state index contributed by atoms with van der Waals surface area (Å²) in [4.78, 5) is 11.6. The van der Waals surface area contributed by atoms with Crippen LogP contribution in [0, 0.1) is 0 Å². The van der Waals surface area contributed by atoms with E-state index in [1.54, 1.807) is 16.8 Å². The Hall–Kier alpha value is -2.90. The maximum atomic E-state index is 10.5. The molecule has 0 spiro atoms. The number of nitrogens with zero attached hydrogens (tertiary/aromatic N) is 5. The zero-order valence-electron chi connectivity index (χ0n) is 16.9. The van der Waals surface area contributed by atoms with E-state index in [0.29, 0.717) is 28.0 Å². The van der Waals surface area contributed by atoms with E-state index in [0.717, 1.165) is 48.0 Å². The molecule has 1 aliphatic rings. The summed E-state index contributed by atoms with van der Waals surface area (Å²) in [6.07, 6.45) is 4.88. The van der Waals surface area contributed by atoms with Gasteiger partial charge in [0.25, 0.3) is 0 Å². The van der Waals surface area contributed by atoms with Crippen LogP contribution in [-0.4, -0.2) is 50.5 Å². The fourth-order valence-corrected chi connectivity index (χ4v) is 4.45. The topological polar surface area (TPSA) is 79.1 Å². The largest absolute Gasteiger partial charge is 0.507 e. The zero-order valence-corrected chi connectivity index (χ0v) is 17.7. The smallest absolute Gasteiger partial charge is 0.161 e. The molecule has 5 rings (SSSR count). The van der Waals surface area contributed by atoms with Crippen LogP contribution in [0.5, 0.6) is 5.75 Å². The van der Waals surface area contributed by atoms with Crippen molar-refractivity contribution in [2.24, 2.45) is 7.05 Å². The predicted octanol–water partition coefficient (Wildman–Crippen LogP) is 3.73. The molecule has 0 saturated carbocycles. The molecule has 1 aromatic carbocycles. The summed E-state index contributed by atoms with van der Waals surface area (Å²) in [5.41, 5.74) is 3.55. The average Bonchev–Trinajstić information content (AvgIpc) is 3.33. The van der Waals surface area contributed by atoms with Crippen LogP contribution in [0.3, 0.4) is 0 Å². The first-order chi connectivity index (χ1) is 14.5. The molecule has 7 nitrogen and oxygen atoms in total. The third-order valence-corrected chi connectivity index (χ3v) is 5.97. The van der Waals surface area contributed by atoms with E-state index in [1.165, 1.54) is 0 Å². The number of anilines is 1. The van der Waals surface area contributed by atoms with Gasteiger partial charge in [-0.3, -0.25) is 4.68 Å². The molecule has 1 unspecified atom stereocenters. The fourth-order valence-electron chi connectivity index (χ4n) is 4.21. The van der Waals surface area contributed by atoms with E-state index in [1.807, 2.05) is 25.5 Å². The lowest BCUT2D eigenvalue weighted by molar-refractivity contribution is 0.478. The molecule has 3 aromatic heterocycles. The first-order valence-corrected chi connectivity index (χ1v) is 10.5. The minimum Gasteiger partial charge on any atom is -0.507 e.